The summed E-state index contributed by atoms with van der Waals surface area (Å²) in [5.41, 5.74) is 8.03. The van der Waals surface area contributed by atoms with E-state index in [0.29, 0.717) is 13.1 Å². The molecule has 6 nitrogen and oxygen atoms in total. The lowest BCUT2D eigenvalue weighted by Gasteiger charge is -2.35. The Kier molecular flexibility index (Phi) is 5.77. The van der Waals surface area contributed by atoms with Crippen molar-refractivity contribution in [1.29, 1.82) is 0 Å². The highest BCUT2D eigenvalue weighted by molar-refractivity contribution is 5.85. The van der Waals surface area contributed by atoms with Gasteiger partial charge in [-0.2, -0.15) is 0 Å². The fourth-order valence-corrected chi connectivity index (χ4v) is 3.94. The maximum atomic E-state index is 12.3. The zero-order valence-corrected chi connectivity index (χ0v) is 18.7. The van der Waals surface area contributed by atoms with Crippen LogP contribution in [0.4, 0.5) is 10.5 Å². The Bertz CT molecular complexity index is 968. The Morgan fingerprint density at radius 3 is 2.42 bits per heavy atom. The van der Waals surface area contributed by atoms with Crippen LogP contribution < -0.4 is 10.8 Å². The van der Waals surface area contributed by atoms with E-state index in [1.165, 1.54) is 5.56 Å². The Hall–Kier alpha value is -2.83. The van der Waals surface area contributed by atoms with Gasteiger partial charge in [-0.25, -0.2) is 4.79 Å². The number of hydroxylamine groups is 3. The number of nitrogens with one attached hydrogen (secondary N) is 2. The minimum Gasteiger partial charge on any atom is -0.351 e. The smallest absolute Gasteiger partial charge is 0.351 e. The number of piperidine rings is 1. The van der Waals surface area contributed by atoms with E-state index in [1.807, 2.05) is 31.2 Å². The highest BCUT2D eigenvalue weighted by Gasteiger charge is 2.39. The van der Waals surface area contributed by atoms with Crippen molar-refractivity contribution in [2.75, 3.05) is 18.4 Å². The van der Waals surface area contributed by atoms with Gasteiger partial charge in [-0.05, 0) is 54.0 Å². The van der Waals surface area contributed by atoms with Crippen molar-refractivity contribution in [1.82, 2.24) is 10.5 Å². The second kappa shape index (κ2) is 8.36. The third-order valence-corrected chi connectivity index (χ3v) is 6.00. The van der Waals surface area contributed by atoms with Gasteiger partial charge in [0.1, 0.15) is 5.60 Å². The molecule has 2 aliphatic rings. The molecule has 31 heavy (non-hydrogen) atoms. The number of anilines is 1. The van der Waals surface area contributed by atoms with Gasteiger partial charge in [0.25, 0.3) is 0 Å². The molecule has 0 bridgehead atoms. The molecule has 164 valence electrons. The summed E-state index contributed by atoms with van der Waals surface area (Å²) in [5, 5.41) is 4.50. The van der Waals surface area contributed by atoms with Gasteiger partial charge < -0.3 is 4.84 Å². The Balaban J connectivity index is 1.33. The van der Waals surface area contributed by atoms with Crippen LogP contribution in [0.2, 0.25) is 0 Å². The number of benzene rings is 2. The van der Waals surface area contributed by atoms with E-state index >= 15 is 0 Å². The lowest BCUT2D eigenvalue weighted by molar-refractivity contribution is -0.153. The molecule has 0 saturated carbocycles. The number of rotatable bonds is 3. The van der Waals surface area contributed by atoms with Crippen molar-refractivity contribution >= 4 is 17.5 Å². The molecule has 1 spiro atoms. The van der Waals surface area contributed by atoms with Crippen molar-refractivity contribution in [3.63, 3.8) is 0 Å². The van der Waals surface area contributed by atoms with Crippen LogP contribution in [-0.4, -0.2) is 29.8 Å². The number of aryl methyl sites for hydroxylation is 1. The molecular formula is C25H31N3O3. The summed E-state index contributed by atoms with van der Waals surface area (Å²) in [6.45, 7) is 9.80. The van der Waals surface area contributed by atoms with Crippen LogP contribution in [0.15, 0.2) is 54.6 Å². The van der Waals surface area contributed by atoms with Gasteiger partial charge >= 0.3 is 6.09 Å². The standard InChI is InChI=1S/C25H31N3O3/c1-18-7-5-6-8-21(18)26-23(29)30-28-15-13-25(14-16-28)17-22(27-31-25)19-9-11-20(12-10-19)24(2,3)4/h5-12,17,27H,13-16H2,1-4H3,(H,26,29). The highest BCUT2D eigenvalue weighted by Crippen LogP contribution is 2.35. The van der Waals surface area contributed by atoms with Crippen LogP contribution >= 0.6 is 0 Å². The normalized spacial score (nSPS) is 18.4. The number of hydrogen-bond acceptors (Lipinski definition) is 5. The van der Waals surface area contributed by atoms with E-state index in [0.717, 1.165) is 35.4 Å². The number of para-hydroxylation sites is 1. The van der Waals surface area contributed by atoms with Gasteiger partial charge in [-0.15, -0.1) is 5.06 Å². The second-order valence-corrected chi connectivity index (χ2v) is 9.40. The Morgan fingerprint density at radius 2 is 1.77 bits per heavy atom. The van der Waals surface area contributed by atoms with Gasteiger partial charge in [-0.1, -0.05) is 63.2 Å². The molecule has 0 atom stereocenters. The van der Waals surface area contributed by atoms with Crippen LogP contribution in [0.3, 0.4) is 0 Å². The molecule has 2 N–H and O–H groups in total. The number of amides is 1. The molecule has 0 unspecified atom stereocenters. The fourth-order valence-electron chi connectivity index (χ4n) is 3.94. The first kappa shape index (κ1) is 21.4. The summed E-state index contributed by atoms with van der Waals surface area (Å²) >= 11 is 0. The zero-order chi connectivity index (χ0) is 22.1. The fraction of sp³-hybridized carbons (Fsp3) is 0.400. The first-order valence-electron chi connectivity index (χ1n) is 10.8. The van der Waals surface area contributed by atoms with Gasteiger partial charge in [-0.3, -0.25) is 15.6 Å². The van der Waals surface area contributed by atoms with Crippen molar-refractivity contribution < 1.29 is 14.5 Å². The summed E-state index contributed by atoms with van der Waals surface area (Å²) in [5.74, 6) is 0. The topological polar surface area (TPSA) is 62.8 Å². The van der Waals surface area contributed by atoms with E-state index < -0.39 is 6.09 Å². The largest absolute Gasteiger partial charge is 0.430 e. The predicted molar refractivity (Wildman–Crippen MR) is 122 cm³/mol. The van der Waals surface area contributed by atoms with E-state index in [9.17, 15) is 4.79 Å². The van der Waals surface area contributed by atoms with E-state index in [-0.39, 0.29) is 11.0 Å². The first-order chi connectivity index (χ1) is 14.7. The van der Waals surface area contributed by atoms with Gasteiger partial charge in [0.15, 0.2) is 0 Å². The monoisotopic (exact) mass is 421 g/mol. The quantitative estimate of drug-likeness (QED) is 0.716. The van der Waals surface area contributed by atoms with Gasteiger partial charge in [0, 0.05) is 18.8 Å². The SMILES string of the molecule is Cc1ccccc1NC(=O)ON1CCC2(C=C(c3ccc(C(C)(C)C)cc3)NO2)CC1. The van der Waals surface area contributed by atoms with Gasteiger partial charge in [0.05, 0.1) is 5.70 Å². The summed E-state index contributed by atoms with van der Waals surface area (Å²) in [6, 6.07) is 16.3. The molecule has 1 saturated heterocycles. The van der Waals surface area contributed by atoms with Crippen molar-refractivity contribution in [3.8, 4) is 0 Å². The molecule has 0 aromatic heterocycles. The molecule has 0 aliphatic carbocycles. The van der Waals surface area contributed by atoms with Crippen LogP contribution in [0.5, 0.6) is 0 Å². The molecular weight excluding hydrogens is 390 g/mol. The minimum atomic E-state index is -0.467. The number of hydrogen-bond donors (Lipinski definition) is 2. The van der Waals surface area contributed by atoms with Crippen molar-refractivity contribution in [3.05, 3.63) is 71.3 Å². The van der Waals surface area contributed by atoms with E-state index in [4.69, 9.17) is 9.68 Å². The summed E-state index contributed by atoms with van der Waals surface area (Å²) in [6.07, 6.45) is 3.18. The minimum absolute atomic E-state index is 0.131. The summed E-state index contributed by atoms with van der Waals surface area (Å²) < 4.78 is 0. The Labute approximate surface area is 184 Å². The van der Waals surface area contributed by atoms with Gasteiger partial charge in [0.2, 0.25) is 0 Å². The first-order valence-corrected chi connectivity index (χ1v) is 10.8. The number of nitrogens with zero attached hydrogens (tertiary/aromatic N) is 1. The maximum absolute atomic E-state index is 12.3. The zero-order valence-electron chi connectivity index (χ0n) is 18.7. The third kappa shape index (κ3) is 4.92. The molecule has 1 amide bonds. The molecule has 2 aromatic carbocycles. The van der Waals surface area contributed by atoms with Crippen molar-refractivity contribution in [2.24, 2.45) is 0 Å². The molecule has 1 fully saturated rings. The van der Waals surface area contributed by atoms with Crippen LogP contribution in [0, 0.1) is 6.92 Å². The highest BCUT2D eigenvalue weighted by atomic mass is 16.7. The average molecular weight is 422 g/mol. The number of carbonyl (C=O) groups is 1. The van der Waals surface area contributed by atoms with Crippen molar-refractivity contribution in [2.45, 2.75) is 51.6 Å². The predicted octanol–water partition coefficient (Wildman–Crippen LogP) is 5.17. The van der Waals surface area contributed by atoms with Crippen LogP contribution in [0.25, 0.3) is 5.70 Å². The van der Waals surface area contributed by atoms with E-state index in [2.05, 4.69) is 61.9 Å². The molecule has 2 aromatic rings. The second-order valence-electron chi connectivity index (χ2n) is 9.40. The molecule has 2 aliphatic heterocycles. The van der Waals surface area contributed by atoms with Crippen LogP contribution in [0.1, 0.15) is 50.3 Å². The maximum Gasteiger partial charge on any atom is 0.430 e. The van der Waals surface area contributed by atoms with Crippen LogP contribution in [-0.2, 0) is 15.1 Å². The molecule has 6 heteroatoms. The third-order valence-electron chi connectivity index (χ3n) is 6.00. The lowest BCUT2D eigenvalue weighted by Crippen LogP contribution is -2.45. The van der Waals surface area contributed by atoms with E-state index in [1.54, 1.807) is 5.06 Å². The molecule has 4 rings (SSSR count). The summed E-state index contributed by atoms with van der Waals surface area (Å²) in [4.78, 5) is 23.7. The lowest BCUT2D eigenvalue weighted by atomic mass is 9.86. The molecule has 2 heterocycles. The Morgan fingerprint density at radius 1 is 1.10 bits per heavy atom. The molecule has 0 radical (unpaired) electrons. The summed E-state index contributed by atoms with van der Waals surface area (Å²) in [7, 11) is 0. The number of carbonyl (C=O) groups excluding carboxylic acids is 1. The average Bonchev–Trinajstić information content (AvgIpc) is 3.15.